The quantitative estimate of drug-likeness (QED) is 0.184. The molecule has 1 aromatic heterocycles. The fourth-order valence-corrected chi connectivity index (χ4v) is 7.47. The van der Waals surface area contributed by atoms with Gasteiger partial charge in [-0.1, -0.05) is 27.7 Å². The number of aliphatic carboxylic acids is 1. The van der Waals surface area contributed by atoms with Crippen molar-refractivity contribution in [3.05, 3.63) is 18.2 Å². The minimum Gasteiger partial charge on any atom is -0.480 e. The molecule has 0 radical (unpaired) electrons. The Hall–Kier alpha value is -4.70. The van der Waals surface area contributed by atoms with Crippen LogP contribution in [0.2, 0.25) is 0 Å². The monoisotopic (exact) mass is 758 g/mol. The van der Waals surface area contributed by atoms with Crippen LogP contribution in [0.3, 0.4) is 0 Å². The van der Waals surface area contributed by atoms with E-state index in [4.69, 9.17) is 4.74 Å². The minimum absolute atomic E-state index is 0.00632. The van der Waals surface area contributed by atoms with Crippen LogP contribution in [0.1, 0.15) is 99.1 Å². The normalized spacial score (nSPS) is 21.9. The molecule has 0 bridgehead atoms. The topological polar surface area (TPSA) is 223 Å². The lowest BCUT2D eigenvalue weighted by atomic mass is 10.00. The second kappa shape index (κ2) is 18.1. The predicted octanol–water partition coefficient (Wildman–Crippen LogP) is 1.57. The highest BCUT2D eigenvalue weighted by Gasteiger charge is 2.46. The van der Waals surface area contributed by atoms with Crippen LogP contribution in [0.25, 0.3) is 0 Å². The lowest BCUT2D eigenvalue weighted by Crippen LogP contribution is -2.60. The molecule has 0 unspecified atom stereocenters. The number of likely N-dealkylation sites (tertiary alicyclic amines) is 3. The molecule has 3 aliphatic rings. The van der Waals surface area contributed by atoms with Crippen molar-refractivity contribution < 1.29 is 43.4 Å². The van der Waals surface area contributed by atoms with Crippen LogP contribution in [0.5, 0.6) is 0 Å². The van der Waals surface area contributed by atoms with Gasteiger partial charge in [0.25, 0.3) is 0 Å². The summed E-state index contributed by atoms with van der Waals surface area (Å²) in [5.41, 5.74) is -0.249. The molecule has 1 aromatic rings. The molecule has 3 aliphatic heterocycles. The molecule has 6 amide bonds. The summed E-state index contributed by atoms with van der Waals surface area (Å²) in [5, 5.41) is 17.9. The zero-order valence-electron chi connectivity index (χ0n) is 32.6. The third-order valence-corrected chi connectivity index (χ3v) is 10.0. The number of imidazole rings is 1. The fraction of sp³-hybridized carbons (Fsp3) is 0.730. The molecule has 6 atom stereocenters. The molecule has 54 heavy (non-hydrogen) atoms. The summed E-state index contributed by atoms with van der Waals surface area (Å²) in [6.45, 7) is 13.3. The van der Waals surface area contributed by atoms with Crippen molar-refractivity contribution in [2.75, 3.05) is 19.6 Å². The van der Waals surface area contributed by atoms with Gasteiger partial charge in [-0.3, -0.25) is 24.0 Å². The Labute approximate surface area is 316 Å². The third-order valence-electron chi connectivity index (χ3n) is 10.0. The summed E-state index contributed by atoms with van der Waals surface area (Å²) in [7, 11) is 0. The molecule has 3 saturated heterocycles. The van der Waals surface area contributed by atoms with Gasteiger partial charge < -0.3 is 45.5 Å². The highest BCUT2D eigenvalue weighted by atomic mass is 16.6. The predicted molar refractivity (Wildman–Crippen MR) is 195 cm³/mol. The number of nitrogens with one attached hydrogen (secondary N) is 4. The number of carboxylic acids is 1. The van der Waals surface area contributed by atoms with E-state index in [1.165, 1.54) is 27.2 Å². The second-order valence-corrected chi connectivity index (χ2v) is 16.3. The zero-order chi connectivity index (χ0) is 39.9. The molecule has 4 rings (SSSR count). The molecular weight excluding hydrogens is 700 g/mol. The number of carbonyl (C=O) groups excluding carboxylic acids is 6. The molecule has 17 nitrogen and oxygen atoms in total. The molecule has 17 heteroatoms. The Morgan fingerprint density at radius 3 is 1.87 bits per heavy atom. The number of hydrogen-bond acceptors (Lipinski definition) is 9. The smallest absolute Gasteiger partial charge is 0.408 e. The summed E-state index contributed by atoms with van der Waals surface area (Å²) in [6.07, 6.45) is 5.28. The van der Waals surface area contributed by atoms with Gasteiger partial charge in [-0.05, 0) is 77.6 Å². The highest BCUT2D eigenvalue weighted by Crippen LogP contribution is 2.29. The van der Waals surface area contributed by atoms with Crippen LogP contribution in [-0.2, 0) is 39.9 Å². The van der Waals surface area contributed by atoms with Crippen LogP contribution in [0.15, 0.2) is 12.5 Å². The average molecular weight is 759 g/mol. The fourth-order valence-electron chi connectivity index (χ4n) is 7.47. The Kier molecular flexibility index (Phi) is 14.1. The van der Waals surface area contributed by atoms with Crippen molar-refractivity contribution >= 4 is 41.6 Å². The van der Waals surface area contributed by atoms with Crippen molar-refractivity contribution in [3.8, 4) is 0 Å². The highest BCUT2D eigenvalue weighted by molar-refractivity contribution is 5.97. The second-order valence-electron chi connectivity index (χ2n) is 16.3. The van der Waals surface area contributed by atoms with Crippen molar-refractivity contribution in [2.24, 2.45) is 11.8 Å². The van der Waals surface area contributed by atoms with Crippen LogP contribution < -0.4 is 16.0 Å². The maximum atomic E-state index is 14.3. The number of amides is 6. The molecule has 3 fully saturated rings. The number of nitrogens with zero attached hydrogens (tertiary/aromatic N) is 4. The van der Waals surface area contributed by atoms with Gasteiger partial charge in [0, 0.05) is 37.9 Å². The average Bonchev–Trinajstić information content (AvgIpc) is 3.91. The van der Waals surface area contributed by atoms with Gasteiger partial charge in [0.05, 0.1) is 6.33 Å². The van der Waals surface area contributed by atoms with Gasteiger partial charge in [0.2, 0.25) is 29.5 Å². The zero-order valence-corrected chi connectivity index (χ0v) is 32.6. The largest absolute Gasteiger partial charge is 0.480 e. The van der Waals surface area contributed by atoms with Crippen LogP contribution >= 0.6 is 0 Å². The Morgan fingerprint density at radius 1 is 0.815 bits per heavy atom. The number of carbonyl (C=O) groups is 7. The maximum absolute atomic E-state index is 14.3. The molecule has 0 spiro atoms. The first-order chi connectivity index (χ1) is 25.4. The first-order valence-corrected chi connectivity index (χ1v) is 19.1. The minimum atomic E-state index is -1.17. The van der Waals surface area contributed by atoms with E-state index < -0.39 is 71.6 Å². The summed E-state index contributed by atoms with van der Waals surface area (Å²) in [4.78, 5) is 105. The van der Waals surface area contributed by atoms with E-state index in [9.17, 15) is 38.7 Å². The summed E-state index contributed by atoms with van der Waals surface area (Å²) in [5.74, 6) is -3.91. The number of aromatic nitrogens is 2. The van der Waals surface area contributed by atoms with E-state index in [2.05, 4.69) is 25.9 Å². The molecule has 300 valence electrons. The standard InChI is InChI=1S/C37H58N8O9/c1-21(2)17-25(41-30(46)24(18-23-19-38-20-39-23)40-31(47)29(22(3)4)42-36(53)54-37(5,6)7)32(48)43-14-8-11-26(43)33(49)44-15-9-12-27(44)34(50)45-16-10-13-28(45)35(51)52/h19-22,24-29H,8-18H2,1-7H3,(H,38,39)(H,40,47)(H,41,46)(H,42,53)(H,51,52)/t24-,25-,26-,27-,28-,29-/m0/s1. The van der Waals surface area contributed by atoms with Crippen LogP contribution in [0.4, 0.5) is 4.79 Å². The van der Waals surface area contributed by atoms with Gasteiger partial charge >= 0.3 is 12.1 Å². The van der Waals surface area contributed by atoms with E-state index in [1.807, 2.05) is 13.8 Å². The third kappa shape index (κ3) is 10.7. The number of hydrogen-bond donors (Lipinski definition) is 5. The first kappa shape index (κ1) is 42.0. The number of alkyl carbamates (subject to hydrolysis) is 1. The van der Waals surface area contributed by atoms with E-state index >= 15 is 0 Å². The number of H-pyrrole nitrogens is 1. The summed E-state index contributed by atoms with van der Waals surface area (Å²) < 4.78 is 5.35. The molecular formula is C37H58N8O9. The van der Waals surface area contributed by atoms with E-state index in [0.29, 0.717) is 57.3 Å². The molecule has 4 heterocycles. The Morgan fingerprint density at radius 2 is 1.35 bits per heavy atom. The first-order valence-electron chi connectivity index (χ1n) is 19.1. The summed E-state index contributed by atoms with van der Waals surface area (Å²) >= 11 is 0. The van der Waals surface area contributed by atoms with E-state index in [-0.39, 0.29) is 43.0 Å². The number of aromatic amines is 1. The van der Waals surface area contributed by atoms with Crippen molar-refractivity contribution in [2.45, 2.75) is 142 Å². The maximum Gasteiger partial charge on any atom is 0.408 e. The van der Waals surface area contributed by atoms with Crippen molar-refractivity contribution in [1.29, 1.82) is 0 Å². The van der Waals surface area contributed by atoms with E-state index in [1.54, 1.807) is 34.6 Å². The SMILES string of the molecule is CC(C)C[C@H](NC(=O)[C@H](Cc1cnc[nH]1)NC(=O)[C@@H](NC(=O)OC(C)(C)C)C(C)C)C(=O)N1CCC[C@H]1C(=O)N1CCC[C@H]1C(=O)N1CCC[C@H]1C(=O)O. The van der Waals surface area contributed by atoms with E-state index in [0.717, 1.165) is 0 Å². The lowest BCUT2D eigenvalue weighted by Gasteiger charge is -2.35. The molecule has 0 saturated carbocycles. The van der Waals surface area contributed by atoms with Gasteiger partial charge in [0.15, 0.2) is 0 Å². The van der Waals surface area contributed by atoms with Gasteiger partial charge in [-0.2, -0.15) is 0 Å². The van der Waals surface area contributed by atoms with Crippen LogP contribution in [0, 0.1) is 11.8 Å². The molecule has 5 N–H and O–H groups in total. The van der Waals surface area contributed by atoms with Crippen molar-refractivity contribution in [1.82, 2.24) is 40.6 Å². The van der Waals surface area contributed by atoms with Gasteiger partial charge in [-0.15, -0.1) is 0 Å². The number of carboxylic acid groups (broad SMARTS) is 1. The summed E-state index contributed by atoms with van der Waals surface area (Å²) in [6, 6.07) is -5.81. The number of ether oxygens (including phenoxy) is 1. The van der Waals surface area contributed by atoms with Crippen LogP contribution in [-0.4, -0.2) is 133 Å². The lowest BCUT2D eigenvalue weighted by molar-refractivity contribution is -0.153. The Balaban J connectivity index is 1.51. The molecule has 0 aromatic carbocycles. The Bertz CT molecular complexity index is 1530. The molecule has 0 aliphatic carbocycles. The number of rotatable bonds is 14. The van der Waals surface area contributed by atoms with Gasteiger partial charge in [-0.25, -0.2) is 14.6 Å². The van der Waals surface area contributed by atoms with Crippen molar-refractivity contribution in [3.63, 3.8) is 0 Å². The van der Waals surface area contributed by atoms with Gasteiger partial charge in [0.1, 0.15) is 41.9 Å².